The number of carbonyl (C=O) groups excluding carboxylic acids is 2. The summed E-state index contributed by atoms with van der Waals surface area (Å²) < 4.78 is 6.24. The maximum atomic E-state index is 13.2. The highest BCUT2D eigenvalue weighted by molar-refractivity contribution is 7.99. The molecule has 0 aliphatic heterocycles. The Morgan fingerprint density at radius 2 is 2.29 bits per heavy atom. The summed E-state index contributed by atoms with van der Waals surface area (Å²) in [7, 11) is 0. The van der Waals surface area contributed by atoms with Crippen LogP contribution >= 0.6 is 23.1 Å². The number of carbonyl (C=O) groups is 2. The highest BCUT2D eigenvalue weighted by Gasteiger charge is 2.24. The lowest BCUT2D eigenvalue weighted by molar-refractivity contribution is -0.117. The first-order chi connectivity index (χ1) is 13.4. The van der Waals surface area contributed by atoms with Crippen LogP contribution in [0.25, 0.3) is 10.2 Å². The predicted molar refractivity (Wildman–Crippen MR) is 111 cm³/mol. The molecular formula is C19H23N3O4S2. The maximum absolute atomic E-state index is 13.2. The fourth-order valence-corrected chi connectivity index (χ4v) is 5.48. The Labute approximate surface area is 171 Å². The number of hydrogen-bond donors (Lipinski definition) is 1. The average molecular weight is 422 g/mol. The Hall–Kier alpha value is -2.13. The van der Waals surface area contributed by atoms with Gasteiger partial charge in [-0.3, -0.25) is 19.5 Å². The molecule has 1 N–H and O–H groups in total. The lowest BCUT2D eigenvalue weighted by Gasteiger charge is -2.17. The molecule has 3 rings (SSSR count). The molecule has 0 saturated heterocycles. The molecule has 0 spiro atoms. The van der Waals surface area contributed by atoms with Crippen molar-refractivity contribution < 1.29 is 14.3 Å². The van der Waals surface area contributed by atoms with Crippen LogP contribution in [-0.4, -0.2) is 33.9 Å². The van der Waals surface area contributed by atoms with E-state index in [0.717, 1.165) is 41.4 Å². The number of hydrogen-bond acceptors (Lipinski definition) is 7. The van der Waals surface area contributed by atoms with Crippen LogP contribution in [0, 0.1) is 5.92 Å². The largest absolute Gasteiger partial charge is 0.450 e. The molecule has 0 bridgehead atoms. The van der Waals surface area contributed by atoms with Crippen molar-refractivity contribution in [3.63, 3.8) is 0 Å². The van der Waals surface area contributed by atoms with E-state index in [1.165, 1.54) is 4.88 Å². The normalized spacial score (nSPS) is 15.9. The minimum absolute atomic E-state index is 0.0456. The molecule has 150 valence electrons. The van der Waals surface area contributed by atoms with Crippen LogP contribution in [0.5, 0.6) is 0 Å². The summed E-state index contributed by atoms with van der Waals surface area (Å²) in [5, 5.41) is 3.30. The summed E-state index contributed by atoms with van der Waals surface area (Å²) in [6.45, 7) is 8.10. The van der Waals surface area contributed by atoms with E-state index in [1.54, 1.807) is 28.9 Å². The third-order valence-electron chi connectivity index (χ3n) is 4.54. The van der Waals surface area contributed by atoms with Crippen LogP contribution < -0.4 is 10.9 Å². The van der Waals surface area contributed by atoms with Crippen LogP contribution in [0.3, 0.4) is 0 Å². The quantitative estimate of drug-likeness (QED) is 0.438. The van der Waals surface area contributed by atoms with Crippen molar-refractivity contribution in [3.05, 3.63) is 33.4 Å². The Morgan fingerprint density at radius 1 is 1.50 bits per heavy atom. The molecule has 2 aromatic heterocycles. The number of imide groups is 1. The number of thiophene rings is 1. The second-order valence-corrected chi connectivity index (χ2v) is 8.71. The number of aromatic nitrogens is 2. The Balaban J connectivity index is 1.90. The molecule has 0 radical (unpaired) electrons. The summed E-state index contributed by atoms with van der Waals surface area (Å²) in [5.41, 5.74) is 1.04. The zero-order valence-electron chi connectivity index (χ0n) is 15.9. The maximum Gasteiger partial charge on any atom is 0.413 e. The molecule has 0 unspecified atom stereocenters. The molecule has 2 amide bonds. The number of fused-ring (bicyclic) bond motifs is 3. The fourth-order valence-electron chi connectivity index (χ4n) is 3.25. The van der Waals surface area contributed by atoms with Crippen molar-refractivity contribution in [2.75, 3.05) is 12.4 Å². The molecule has 1 atom stereocenters. The highest BCUT2D eigenvalue weighted by Crippen LogP contribution is 2.36. The Kier molecular flexibility index (Phi) is 6.56. The van der Waals surface area contributed by atoms with Gasteiger partial charge in [0.15, 0.2) is 5.16 Å². The summed E-state index contributed by atoms with van der Waals surface area (Å²) in [5.74, 6) is 0.0642. The number of nitrogens with zero attached hydrogens (tertiary/aromatic N) is 2. The van der Waals surface area contributed by atoms with E-state index >= 15 is 0 Å². The summed E-state index contributed by atoms with van der Waals surface area (Å²) in [6, 6.07) is 0. The van der Waals surface area contributed by atoms with Gasteiger partial charge in [-0.25, -0.2) is 9.78 Å². The first-order valence-corrected chi connectivity index (χ1v) is 11.0. The standard InChI is InChI=1S/C19H23N3O4S2/c1-4-8-22-17(24)15-12-7-6-11(3)9-13(12)28-16(15)21-18(22)27-10-14(23)20-19(25)26-5-2/h4,11H,1,5-10H2,2-3H3,(H,20,23,25)/t11-/m0/s1. The number of nitrogens with one attached hydrogen (secondary N) is 1. The Morgan fingerprint density at radius 3 is 3.00 bits per heavy atom. The lowest BCUT2D eigenvalue weighted by Crippen LogP contribution is -2.32. The highest BCUT2D eigenvalue weighted by atomic mass is 32.2. The van der Waals surface area contributed by atoms with Gasteiger partial charge >= 0.3 is 6.09 Å². The minimum atomic E-state index is -0.778. The molecule has 9 heteroatoms. The topological polar surface area (TPSA) is 90.3 Å². The van der Waals surface area contributed by atoms with Gasteiger partial charge in [-0.05, 0) is 37.7 Å². The van der Waals surface area contributed by atoms with Gasteiger partial charge in [-0.1, -0.05) is 24.8 Å². The second kappa shape index (κ2) is 8.91. The van der Waals surface area contributed by atoms with E-state index in [9.17, 15) is 14.4 Å². The van der Waals surface area contributed by atoms with Gasteiger partial charge in [-0.2, -0.15) is 0 Å². The minimum Gasteiger partial charge on any atom is -0.450 e. The van der Waals surface area contributed by atoms with Crippen molar-refractivity contribution in [1.29, 1.82) is 0 Å². The first-order valence-electron chi connectivity index (χ1n) is 9.19. The van der Waals surface area contributed by atoms with E-state index in [4.69, 9.17) is 4.74 Å². The van der Waals surface area contributed by atoms with Gasteiger partial charge in [0.25, 0.3) is 5.56 Å². The van der Waals surface area contributed by atoms with E-state index in [0.29, 0.717) is 23.0 Å². The van der Waals surface area contributed by atoms with E-state index < -0.39 is 12.0 Å². The van der Waals surface area contributed by atoms with Gasteiger partial charge in [-0.15, -0.1) is 17.9 Å². The number of rotatable bonds is 6. The molecule has 28 heavy (non-hydrogen) atoms. The summed E-state index contributed by atoms with van der Waals surface area (Å²) >= 11 is 2.69. The van der Waals surface area contributed by atoms with Crippen LogP contribution in [0.15, 0.2) is 22.6 Å². The van der Waals surface area contributed by atoms with Crippen molar-refractivity contribution in [3.8, 4) is 0 Å². The first kappa shape index (κ1) is 20.6. The van der Waals surface area contributed by atoms with Crippen LogP contribution in [0.4, 0.5) is 4.79 Å². The number of amides is 2. The molecular weight excluding hydrogens is 398 g/mol. The monoisotopic (exact) mass is 421 g/mol. The summed E-state index contributed by atoms with van der Waals surface area (Å²) in [6.07, 6.45) is 3.81. The van der Waals surface area contributed by atoms with E-state index in [-0.39, 0.29) is 17.9 Å². The molecule has 2 heterocycles. The van der Waals surface area contributed by atoms with Crippen molar-refractivity contribution in [2.45, 2.75) is 44.8 Å². The van der Waals surface area contributed by atoms with Gasteiger partial charge in [0, 0.05) is 11.4 Å². The van der Waals surface area contributed by atoms with E-state index in [2.05, 4.69) is 23.8 Å². The zero-order valence-corrected chi connectivity index (χ0v) is 17.6. The fraction of sp³-hybridized carbons (Fsp3) is 0.474. The molecule has 0 fully saturated rings. The van der Waals surface area contributed by atoms with Gasteiger partial charge in [0.2, 0.25) is 5.91 Å². The van der Waals surface area contributed by atoms with Crippen LogP contribution in [0.1, 0.15) is 30.7 Å². The third kappa shape index (κ3) is 4.30. The van der Waals surface area contributed by atoms with Gasteiger partial charge in [0.05, 0.1) is 17.7 Å². The lowest BCUT2D eigenvalue weighted by atomic mass is 9.89. The molecule has 1 aliphatic rings. The van der Waals surface area contributed by atoms with Crippen LogP contribution in [-0.2, 0) is 28.9 Å². The number of aryl methyl sites for hydroxylation is 1. The smallest absolute Gasteiger partial charge is 0.413 e. The van der Waals surface area contributed by atoms with Crippen LogP contribution in [0.2, 0.25) is 0 Å². The van der Waals surface area contributed by atoms with Crippen molar-refractivity contribution >= 4 is 45.3 Å². The zero-order chi connectivity index (χ0) is 20.3. The number of thioether (sulfide) groups is 1. The van der Waals surface area contributed by atoms with E-state index in [1.807, 2.05) is 0 Å². The van der Waals surface area contributed by atoms with Gasteiger partial charge in [0.1, 0.15) is 4.83 Å². The molecule has 0 saturated carbocycles. The number of ether oxygens (including phenoxy) is 1. The average Bonchev–Trinajstić information content (AvgIpc) is 3.00. The van der Waals surface area contributed by atoms with Crippen molar-refractivity contribution in [2.24, 2.45) is 5.92 Å². The Bertz CT molecular complexity index is 980. The SMILES string of the molecule is C=CCn1c(SCC(=O)NC(=O)OCC)nc2sc3c(c2c1=O)CC[C@H](C)C3. The number of alkyl carbamates (subject to hydrolysis) is 1. The number of allylic oxidation sites excluding steroid dienone is 1. The van der Waals surface area contributed by atoms with Gasteiger partial charge < -0.3 is 4.74 Å². The molecule has 0 aromatic carbocycles. The van der Waals surface area contributed by atoms with Crippen molar-refractivity contribution in [1.82, 2.24) is 14.9 Å². The molecule has 1 aliphatic carbocycles. The third-order valence-corrected chi connectivity index (χ3v) is 6.67. The second-order valence-electron chi connectivity index (χ2n) is 6.69. The predicted octanol–water partition coefficient (Wildman–Crippen LogP) is 3.13. The molecule has 2 aromatic rings. The summed E-state index contributed by atoms with van der Waals surface area (Å²) in [4.78, 5) is 43.1. The molecule has 7 nitrogen and oxygen atoms in total.